The van der Waals surface area contributed by atoms with Crippen molar-refractivity contribution in [3.05, 3.63) is 29.7 Å². The van der Waals surface area contributed by atoms with E-state index in [0.717, 1.165) is 5.69 Å². The number of pyridine rings is 1. The highest BCUT2D eigenvalue weighted by atomic mass is 32.2. The minimum absolute atomic E-state index is 0.0766. The van der Waals surface area contributed by atoms with Crippen molar-refractivity contribution in [2.75, 3.05) is 10.5 Å². The molecule has 0 unspecified atom stereocenters. The first-order valence-electron chi connectivity index (χ1n) is 6.43. The highest BCUT2D eigenvalue weighted by Gasteiger charge is 2.20. The number of nitrogens with one attached hydrogen (secondary N) is 1. The standard InChI is InChI=1S/C12H16N6O2S/c1-3-8-9(4-2)16-17-12(15-8)18-21(19,20)10-6-5-7-14-11(10)13/h5-7H,3-4H2,1-2H3,(H2,13,14)(H,15,17,18). The third-order valence-corrected chi connectivity index (χ3v) is 4.20. The maximum atomic E-state index is 12.2. The molecule has 0 amide bonds. The Morgan fingerprint density at radius 2 is 1.90 bits per heavy atom. The van der Waals surface area contributed by atoms with Crippen LogP contribution < -0.4 is 10.5 Å². The van der Waals surface area contributed by atoms with Crippen LogP contribution in [0.15, 0.2) is 23.2 Å². The summed E-state index contributed by atoms with van der Waals surface area (Å²) in [5.41, 5.74) is 7.04. The highest BCUT2D eigenvalue weighted by molar-refractivity contribution is 7.92. The van der Waals surface area contributed by atoms with Crippen molar-refractivity contribution in [2.24, 2.45) is 0 Å². The normalized spacial score (nSPS) is 11.3. The minimum atomic E-state index is -3.89. The first-order valence-corrected chi connectivity index (χ1v) is 7.92. The Morgan fingerprint density at radius 3 is 2.52 bits per heavy atom. The van der Waals surface area contributed by atoms with Crippen LogP contribution in [0.3, 0.4) is 0 Å². The van der Waals surface area contributed by atoms with Crippen LogP contribution in [-0.2, 0) is 22.9 Å². The number of aromatic nitrogens is 4. The van der Waals surface area contributed by atoms with Crippen molar-refractivity contribution in [3.63, 3.8) is 0 Å². The zero-order chi connectivity index (χ0) is 15.5. The van der Waals surface area contributed by atoms with Crippen molar-refractivity contribution >= 4 is 21.8 Å². The summed E-state index contributed by atoms with van der Waals surface area (Å²) < 4.78 is 26.7. The number of nitrogens with zero attached hydrogens (tertiary/aromatic N) is 4. The minimum Gasteiger partial charge on any atom is -0.383 e. The summed E-state index contributed by atoms with van der Waals surface area (Å²) in [6.07, 6.45) is 2.74. The second kappa shape index (κ2) is 6.00. The van der Waals surface area contributed by atoms with Gasteiger partial charge in [-0.25, -0.2) is 23.1 Å². The number of nitrogens with two attached hydrogens (primary N) is 1. The average Bonchev–Trinajstić information content (AvgIpc) is 2.47. The van der Waals surface area contributed by atoms with Crippen LogP contribution in [0.5, 0.6) is 0 Å². The summed E-state index contributed by atoms with van der Waals surface area (Å²) in [6.45, 7) is 3.85. The van der Waals surface area contributed by atoms with Gasteiger partial charge in [0.2, 0.25) is 0 Å². The van der Waals surface area contributed by atoms with Crippen LogP contribution in [0.2, 0.25) is 0 Å². The molecule has 2 aromatic rings. The summed E-state index contributed by atoms with van der Waals surface area (Å²) in [6, 6.07) is 2.85. The maximum absolute atomic E-state index is 12.2. The van der Waals surface area contributed by atoms with Gasteiger partial charge < -0.3 is 5.73 Å². The van der Waals surface area contributed by atoms with Crippen molar-refractivity contribution in [2.45, 2.75) is 31.6 Å². The number of rotatable bonds is 5. The molecule has 21 heavy (non-hydrogen) atoms. The van der Waals surface area contributed by atoms with Crippen molar-refractivity contribution in [1.29, 1.82) is 0 Å². The quantitative estimate of drug-likeness (QED) is 0.836. The summed E-state index contributed by atoms with van der Waals surface area (Å²) in [5.74, 6) is -0.161. The lowest BCUT2D eigenvalue weighted by Gasteiger charge is -2.09. The topological polar surface area (TPSA) is 124 Å². The average molecular weight is 308 g/mol. The molecule has 0 bridgehead atoms. The van der Waals surface area contributed by atoms with Crippen LogP contribution in [0.1, 0.15) is 25.2 Å². The van der Waals surface area contributed by atoms with Crippen molar-refractivity contribution < 1.29 is 8.42 Å². The number of nitrogen functional groups attached to an aromatic ring is 1. The zero-order valence-electron chi connectivity index (χ0n) is 11.7. The van der Waals surface area contributed by atoms with Crippen LogP contribution in [0.4, 0.5) is 11.8 Å². The molecule has 0 atom stereocenters. The predicted octanol–water partition coefficient (Wildman–Crippen LogP) is 0.774. The van der Waals surface area contributed by atoms with Gasteiger partial charge in [0.1, 0.15) is 10.7 Å². The Bertz CT molecular complexity index is 747. The smallest absolute Gasteiger partial charge is 0.267 e. The van der Waals surface area contributed by atoms with Gasteiger partial charge in [0, 0.05) is 6.20 Å². The first-order chi connectivity index (χ1) is 9.97. The van der Waals surface area contributed by atoms with Gasteiger partial charge in [-0.15, -0.1) is 10.2 Å². The number of hydrogen-bond acceptors (Lipinski definition) is 7. The molecular weight excluding hydrogens is 292 g/mol. The van der Waals surface area contributed by atoms with Gasteiger partial charge in [0.05, 0.1) is 11.4 Å². The van der Waals surface area contributed by atoms with Crippen LogP contribution in [-0.4, -0.2) is 28.6 Å². The van der Waals surface area contributed by atoms with E-state index in [9.17, 15) is 8.42 Å². The van der Waals surface area contributed by atoms with Crippen molar-refractivity contribution in [1.82, 2.24) is 20.2 Å². The number of sulfonamides is 1. The number of aryl methyl sites for hydroxylation is 2. The zero-order valence-corrected chi connectivity index (χ0v) is 12.6. The molecule has 9 heteroatoms. The Kier molecular flexibility index (Phi) is 4.32. The molecule has 0 aliphatic rings. The lowest BCUT2D eigenvalue weighted by Crippen LogP contribution is -2.18. The summed E-state index contributed by atoms with van der Waals surface area (Å²) in [5, 5.41) is 7.77. The van der Waals surface area contributed by atoms with Gasteiger partial charge in [0.25, 0.3) is 16.0 Å². The second-order valence-electron chi connectivity index (χ2n) is 4.23. The van der Waals surface area contributed by atoms with Gasteiger partial charge in [-0.1, -0.05) is 13.8 Å². The van der Waals surface area contributed by atoms with Gasteiger partial charge in [-0.2, -0.15) is 0 Å². The molecule has 2 rings (SSSR count). The molecule has 0 radical (unpaired) electrons. The van der Waals surface area contributed by atoms with E-state index in [1.165, 1.54) is 18.3 Å². The SMILES string of the molecule is CCc1nnc(NS(=O)(=O)c2cccnc2N)nc1CC. The monoisotopic (exact) mass is 308 g/mol. The Morgan fingerprint density at radius 1 is 1.19 bits per heavy atom. The fourth-order valence-corrected chi connectivity index (χ4v) is 2.81. The predicted molar refractivity (Wildman–Crippen MR) is 78.0 cm³/mol. The highest BCUT2D eigenvalue weighted by Crippen LogP contribution is 2.17. The first kappa shape index (κ1) is 15.1. The summed E-state index contributed by atoms with van der Waals surface area (Å²) >= 11 is 0. The Balaban J connectivity index is 2.35. The van der Waals surface area contributed by atoms with Gasteiger partial charge in [-0.3, -0.25) is 0 Å². The van der Waals surface area contributed by atoms with E-state index >= 15 is 0 Å². The van der Waals surface area contributed by atoms with E-state index in [4.69, 9.17) is 5.73 Å². The Labute approximate surface area is 122 Å². The van der Waals surface area contributed by atoms with E-state index in [1.807, 2.05) is 13.8 Å². The fraction of sp³-hybridized carbons (Fsp3) is 0.333. The molecule has 0 aromatic carbocycles. The molecule has 0 spiro atoms. The van der Waals surface area contributed by atoms with Crippen molar-refractivity contribution in [3.8, 4) is 0 Å². The molecule has 8 nitrogen and oxygen atoms in total. The molecular formula is C12H16N6O2S. The molecule has 0 saturated carbocycles. The lowest BCUT2D eigenvalue weighted by atomic mass is 10.2. The third-order valence-electron chi connectivity index (χ3n) is 2.82. The molecule has 112 valence electrons. The van der Waals surface area contributed by atoms with Gasteiger partial charge in [0.15, 0.2) is 0 Å². The molecule has 0 aliphatic heterocycles. The van der Waals surface area contributed by atoms with E-state index in [-0.39, 0.29) is 16.7 Å². The van der Waals surface area contributed by atoms with E-state index in [0.29, 0.717) is 18.5 Å². The van der Waals surface area contributed by atoms with Crippen LogP contribution in [0, 0.1) is 0 Å². The third kappa shape index (κ3) is 3.24. The summed E-state index contributed by atoms with van der Waals surface area (Å²) in [7, 11) is -3.89. The Hall–Kier alpha value is -2.29. The van der Waals surface area contributed by atoms with Gasteiger partial charge >= 0.3 is 0 Å². The second-order valence-corrected chi connectivity index (χ2v) is 5.88. The van der Waals surface area contributed by atoms with E-state index < -0.39 is 10.0 Å². The maximum Gasteiger partial charge on any atom is 0.267 e. The molecule has 0 fully saturated rings. The molecule has 0 saturated heterocycles. The number of anilines is 2. The summed E-state index contributed by atoms with van der Waals surface area (Å²) in [4.78, 5) is 7.81. The van der Waals surface area contributed by atoms with Gasteiger partial charge in [-0.05, 0) is 25.0 Å². The molecule has 0 aliphatic carbocycles. The molecule has 2 aromatic heterocycles. The van der Waals surface area contributed by atoms with E-state index in [1.54, 1.807) is 0 Å². The van der Waals surface area contributed by atoms with Crippen LogP contribution in [0.25, 0.3) is 0 Å². The molecule has 3 N–H and O–H groups in total. The molecule has 2 heterocycles. The largest absolute Gasteiger partial charge is 0.383 e. The van der Waals surface area contributed by atoms with E-state index in [2.05, 4.69) is 24.9 Å². The van der Waals surface area contributed by atoms with Crippen LogP contribution >= 0.6 is 0 Å². The lowest BCUT2D eigenvalue weighted by molar-refractivity contribution is 0.600. The fourth-order valence-electron chi connectivity index (χ4n) is 1.79. The number of hydrogen-bond donors (Lipinski definition) is 2.